The Morgan fingerprint density at radius 2 is 1.91 bits per heavy atom. The van der Waals surface area contributed by atoms with E-state index in [2.05, 4.69) is 28.1 Å². The van der Waals surface area contributed by atoms with Gasteiger partial charge in [-0.2, -0.15) is 10.5 Å². The molecule has 2 saturated carbocycles. The molecule has 1 N–H and O–H groups in total. The molecule has 3 aliphatic heterocycles. The molecule has 274 valence electrons. The van der Waals surface area contributed by atoms with Crippen molar-refractivity contribution in [1.82, 2.24) is 19.8 Å². The summed E-state index contributed by atoms with van der Waals surface area (Å²) in [5.41, 5.74) is 4.89. The standard InChI is InChI=1S/C42H36Cl2F2N6O2/c1-21-30-16-35(34-15-28(19-51(34)42(53)22-7-8-22)54-20-24-9-10-27(45)12-25(24)17-48)52(40-26-14-33(40)49-18-26)41(30)31-13-23(4-3-11-47)36(38(46)39(31)50-21)29-5-2-6-32(43)37(29)44/h2,5-6,9-10,12-13,16,22,26,28,33-34,40,49H,3-4,7-8,14-15,18-20H2,1H3. The van der Waals surface area contributed by atoms with Crippen LogP contribution in [0.5, 0.6) is 0 Å². The molecule has 5 fully saturated rings. The minimum atomic E-state index is -0.518. The number of nitrogens with zero attached hydrogens (tertiary/aromatic N) is 5. The molecule has 0 radical (unpaired) electrons. The summed E-state index contributed by atoms with van der Waals surface area (Å²) in [5.74, 6) is -0.556. The highest BCUT2D eigenvalue weighted by Crippen LogP contribution is 2.51. The molecule has 8 nitrogen and oxygen atoms in total. The van der Waals surface area contributed by atoms with Gasteiger partial charge in [0.15, 0.2) is 5.82 Å². The van der Waals surface area contributed by atoms with Gasteiger partial charge in [0.05, 0.1) is 58.1 Å². The first kappa shape index (κ1) is 35.1. The Balaban J connectivity index is 1.21. The van der Waals surface area contributed by atoms with Crippen LogP contribution in [0, 0.1) is 53.1 Å². The van der Waals surface area contributed by atoms with Crippen LogP contribution >= 0.6 is 23.2 Å². The number of pyridine rings is 1. The Morgan fingerprint density at radius 1 is 1.07 bits per heavy atom. The molecule has 5 unspecified atom stereocenters. The monoisotopic (exact) mass is 764 g/mol. The first-order valence-corrected chi connectivity index (χ1v) is 19.2. The van der Waals surface area contributed by atoms with Gasteiger partial charge in [-0.05, 0) is 80.0 Å². The van der Waals surface area contributed by atoms with Gasteiger partial charge < -0.3 is 19.5 Å². The third kappa shape index (κ3) is 5.74. The summed E-state index contributed by atoms with van der Waals surface area (Å²) >= 11 is 13.1. The Morgan fingerprint density at radius 3 is 2.63 bits per heavy atom. The maximum absolute atomic E-state index is 17.2. The molecule has 10 rings (SSSR count). The van der Waals surface area contributed by atoms with Gasteiger partial charge in [0.25, 0.3) is 0 Å². The van der Waals surface area contributed by atoms with E-state index in [-0.39, 0.29) is 70.7 Å². The van der Waals surface area contributed by atoms with Crippen LogP contribution in [0.25, 0.3) is 32.9 Å². The van der Waals surface area contributed by atoms with Crippen molar-refractivity contribution in [3.8, 4) is 23.3 Å². The van der Waals surface area contributed by atoms with Gasteiger partial charge in [-0.1, -0.05) is 41.4 Å². The fraction of sp³-hybridized carbons (Fsp3) is 0.381. The smallest absolute Gasteiger partial charge is 0.226 e. The number of nitrogens with one attached hydrogen (secondary N) is 1. The molecule has 3 saturated heterocycles. The van der Waals surface area contributed by atoms with Gasteiger partial charge in [-0.15, -0.1) is 0 Å². The normalized spacial score (nSPS) is 23.2. The molecule has 2 bridgehead atoms. The lowest BCUT2D eigenvalue weighted by Crippen LogP contribution is -2.41. The van der Waals surface area contributed by atoms with Crippen molar-refractivity contribution in [3.05, 3.63) is 98.3 Å². The second kappa shape index (κ2) is 13.6. The SMILES string of the molecule is Cc1nc2c(F)c(-c3cccc(Cl)c3Cl)c(CCC#N)cc2c2c1cc(C1CC(OCc3ccc(F)cc3C#N)CN1C(=O)C1CC1)n2C1C2CNC1C2. The first-order valence-electron chi connectivity index (χ1n) is 18.5. The number of benzene rings is 3. The predicted octanol–water partition coefficient (Wildman–Crippen LogP) is 8.88. The average molecular weight is 766 g/mol. The van der Waals surface area contributed by atoms with Gasteiger partial charge >= 0.3 is 0 Å². The van der Waals surface area contributed by atoms with Crippen molar-refractivity contribution in [3.63, 3.8) is 0 Å². The lowest BCUT2D eigenvalue weighted by Gasteiger charge is -2.39. The fourth-order valence-electron chi connectivity index (χ4n) is 9.09. The number of amides is 1. The zero-order valence-electron chi connectivity index (χ0n) is 29.5. The topological polar surface area (TPSA) is 107 Å². The quantitative estimate of drug-likeness (QED) is 0.161. The number of likely N-dealkylation sites (tertiary alicyclic amines) is 1. The third-order valence-electron chi connectivity index (χ3n) is 11.9. The van der Waals surface area contributed by atoms with E-state index in [0.29, 0.717) is 58.1 Å². The lowest BCUT2D eigenvalue weighted by molar-refractivity contribution is -0.134. The molecule has 54 heavy (non-hydrogen) atoms. The third-order valence-corrected chi connectivity index (χ3v) is 12.7. The molecule has 0 spiro atoms. The highest BCUT2D eigenvalue weighted by atomic mass is 35.5. The van der Waals surface area contributed by atoms with Crippen molar-refractivity contribution in [2.75, 3.05) is 13.1 Å². The molecule has 5 atom stereocenters. The van der Waals surface area contributed by atoms with Crippen molar-refractivity contribution in [2.45, 2.75) is 76.3 Å². The molecular formula is C42H36Cl2F2N6O2. The summed E-state index contributed by atoms with van der Waals surface area (Å²) in [7, 11) is 0. The first-order chi connectivity index (χ1) is 26.2. The number of nitriles is 2. The van der Waals surface area contributed by atoms with Gasteiger partial charge in [0.1, 0.15) is 11.3 Å². The van der Waals surface area contributed by atoms with Gasteiger partial charge in [0, 0.05) is 71.2 Å². The summed E-state index contributed by atoms with van der Waals surface area (Å²) < 4.78 is 39.9. The molecule has 5 aliphatic rings. The number of fused-ring (bicyclic) bond motifs is 4. The number of aryl methyl sites for hydroxylation is 2. The zero-order valence-corrected chi connectivity index (χ0v) is 31.0. The molecular weight excluding hydrogens is 729 g/mol. The molecule has 12 heteroatoms. The second-order valence-electron chi connectivity index (χ2n) is 15.1. The summed E-state index contributed by atoms with van der Waals surface area (Å²) in [6.45, 7) is 3.26. The Hall–Kier alpha value is -4.58. The maximum atomic E-state index is 17.2. The average Bonchev–Trinajstić information content (AvgIpc) is 3.45. The summed E-state index contributed by atoms with van der Waals surface area (Å²) in [6, 6.07) is 17.6. The van der Waals surface area contributed by atoms with E-state index in [1.807, 2.05) is 17.9 Å². The van der Waals surface area contributed by atoms with Crippen LogP contribution in [0.4, 0.5) is 8.78 Å². The fourth-order valence-corrected chi connectivity index (χ4v) is 9.49. The molecule has 2 aromatic heterocycles. The number of halogens is 4. The van der Waals surface area contributed by atoms with Gasteiger partial charge in [0.2, 0.25) is 5.91 Å². The molecule has 3 aromatic carbocycles. The van der Waals surface area contributed by atoms with E-state index in [1.54, 1.807) is 24.3 Å². The Labute approximate surface area is 321 Å². The number of ether oxygens (including phenoxy) is 1. The Kier molecular flexibility index (Phi) is 8.86. The number of carbonyl (C=O) groups is 1. The molecule has 2 aliphatic carbocycles. The number of carbonyl (C=O) groups excluding carboxylic acids is 1. The van der Waals surface area contributed by atoms with Crippen LogP contribution in [-0.2, 0) is 22.6 Å². The minimum absolute atomic E-state index is 0.0225. The van der Waals surface area contributed by atoms with Crippen LogP contribution in [0.1, 0.15) is 72.3 Å². The number of rotatable bonds is 9. The number of hydrogen-bond donors (Lipinski definition) is 1. The van der Waals surface area contributed by atoms with E-state index < -0.39 is 11.6 Å². The second-order valence-corrected chi connectivity index (χ2v) is 15.9. The summed E-state index contributed by atoms with van der Waals surface area (Å²) in [5, 5.41) is 25.0. The number of aromatic nitrogens is 2. The molecule has 5 aromatic rings. The maximum Gasteiger partial charge on any atom is 0.226 e. The van der Waals surface area contributed by atoms with Gasteiger partial charge in [-0.25, -0.2) is 13.8 Å². The summed E-state index contributed by atoms with van der Waals surface area (Å²) in [4.78, 5) is 20.9. The van der Waals surface area contributed by atoms with Crippen LogP contribution in [0.2, 0.25) is 10.0 Å². The van der Waals surface area contributed by atoms with Crippen molar-refractivity contribution in [1.29, 1.82) is 10.5 Å². The highest BCUT2D eigenvalue weighted by molar-refractivity contribution is 6.43. The number of hydrogen-bond acceptors (Lipinski definition) is 6. The van der Waals surface area contributed by atoms with E-state index >= 15 is 4.39 Å². The minimum Gasteiger partial charge on any atom is -0.372 e. The van der Waals surface area contributed by atoms with Crippen LogP contribution in [0.15, 0.2) is 48.5 Å². The van der Waals surface area contributed by atoms with Crippen LogP contribution in [0.3, 0.4) is 0 Å². The van der Waals surface area contributed by atoms with Gasteiger partial charge in [-0.3, -0.25) is 4.79 Å². The van der Waals surface area contributed by atoms with Crippen molar-refractivity contribution >= 4 is 50.9 Å². The van der Waals surface area contributed by atoms with Crippen LogP contribution in [-0.4, -0.2) is 45.6 Å². The van der Waals surface area contributed by atoms with E-state index in [0.717, 1.165) is 42.4 Å². The zero-order chi connectivity index (χ0) is 37.4. The highest BCUT2D eigenvalue weighted by Gasteiger charge is 2.51. The van der Waals surface area contributed by atoms with E-state index in [4.69, 9.17) is 32.9 Å². The molecule has 5 heterocycles. The van der Waals surface area contributed by atoms with E-state index in [9.17, 15) is 19.7 Å². The largest absolute Gasteiger partial charge is 0.372 e. The van der Waals surface area contributed by atoms with Crippen molar-refractivity contribution < 1.29 is 18.3 Å². The summed E-state index contributed by atoms with van der Waals surface area (Å²) in [6.07, 6.45) is 3.41. The van der Waals surface area contributed by atoms with Crippen molar-refractivity contribution in [2.24, 2.45) is 11.8 Å². The van der Waals surface area contributed by atoms with E-state index in [1.165, 1.54) is 12.1 Å². The molecule has 1 amide bonds. The lowest BCUT2D eigenvalue weighted by atomic mass is 9.79. The predicted molar refractivity (Wildman–Crippen MR) is 202 cm³/mol. The Bertz CT molecular complexity index is 2450. The van der Waals surface area contributed by atoms with Crippen LogP contribution < -0.4 is 5.32 Å².